The zero-order valence-electron chi connectivity index (χ0n) is 17.9. The zero-order valence-corrected chi connectivity index (χ0v) is 18.7. The van der Waals surface area contributed by atoms with Gasteiger partial charge >= 0.3 is 22.3 Å². The van der Waals surface area contributed by atoms with E-state index >= 15 is 0 Å². The Kier molecular flexibility index (Phi) is 8.30. The van der Waals surface area contributed by atoms with E-state index in [1.54, 1.807) is 25.7 Å². The molecule has 2 saturated heterocycles. The number of rotatable bonds is 8. The van der Waals surface area contributed by atoms with Crippen LogP contribution in [0.15, 0.2) is 0 Å². The Morgan fingerprint density at radius 1 is 1.13 bits per heavy atom. The van der Waals surface area contributed by atoms with E-state index in [1.807, 2.05) is 4.72 Å². The maximum absolute atomic E-state index is 12.4. The molecule has 0 bridgehead atoms. The molecule has 0 aromatic heterocycles. The lowest BCUT2D eigenvalue weighted by Crippen LogP contribution is -2.54. The minimum absolute atomic E-state index is 0.00276. The number of nitrogens with zero attached hydrogens (tertiary/aromatic N) is 2. The van der Waals surface area contributed by atoms with Crippen LogP contribution in [-0.4, -0.2) is 80.0 Å². The normalized spacial score (nSPS) is 20.4. The van der Waals surface area contributed by atoms with Gasteiger partial charge in [-0.3, -0.25) is 4.79 Å². The third kappa shape index (κ3) is 7.98. The average molecular weight is 448 g/mol. The summed E-state index contributed by atoms with van der Waals surface area (Å²) < 4.78 is 32.7. The van der Waals surface area contributed by atoms with Gasteiger partial charge in [-0.25, -0.2) is 14.3 Å². The summed E-state index contributed by atoms with van der Waals surface area (Å²) in [6, 6.07) is 0.0372. The van der Waals surface area contributed by atoms with Gasteiger partial charge < -0.3 is 20.3 Å². The van der Waals surface area contributed by atoms with Crippen LogP contribution in [-0.2, 0) is 19.7 Å². The molecule has 0 spiro atoms. The van der Waals surface area contributed by atoms with Crippen molar-refractivity contribution in [1.82, 2.24) is 24.6 Å². The van der Waals surface area contributed by atoms with E-state index < -0.39 is 21.9 Å². The van der Waals surface area contributed by atoms with Crippen molar-refractivity contribution in [3.8, 4) is 0 Å². The standard InChI is InChI=1S/C18H33N5O6S/c1-18(2,3)29-17(26)21-30(27,28)23-11-9-22(10-12-23)15(24)8-6-4-5-7-14-13-19-16(25)20-14/h14H,4-13H2,1-3H3,(H,21,26)(H2,19,20,25)/t14-/m1/s1. The summed E-state index contributed by atoms with van der Waals surface area (Å²) in [6.07, 6.45) is 2.86. The Balaban J connectivity index is 1.64. The van der Waals surface area contributed by atoms with Crippen molar-refractivity contribution in [2.45, 2.75) is 64.5 Å². The summed E-state index contributed by atoms with van der Waals surface area (Å²) in [4.78, 5) is 36.8. The third-order valence-electron chi connectivity index (χ3n) is 4.83. The van der Waals surface area contributed by atoms with E-state index in [4.69, 9.17) is 4.74 Å². The number of ether oxygens (including phenoxy) is 1. The molecule has 11 nitrogen and oxygen atoms in total. The molecule has 2 heterocycles. The van der Waals surface area contributed by atoms with Crippen LogP contribution >= 0.6 is 0 Å². The summed E-state index contributed by atoms with van der Waals surface area (Å²) in [6.45, 7) is 6.40. The molecule has 2 aliphatic rings. The van der Waals surface area contributed by atoms with E-state index in [0.717, 1.165) is 30.0 Å². The van der Waals surface area contributed by atoms with E-state index in [1.165, 1.54) is 0 Å². The number of nitrogens with one attached hydrogen (secondary N) is 3. The van der Waals surface area contributed by atoms with E-state index in [-0.39, 0.29) is 44.2 Å². The van der Waals surface area contributed by atoms with Crippen LogP contribution < -0.4 is 15.4 Å². The predicted molar refractivity (Wildman–Crippen MR) is 110 cm³/mol. The molecule has 30 heavy (non-hydrogen) atoms. The molecule has 0 aliphatic carbocycles. The van der Waals surface area contributed by atoms with Crippen LogP contribution in [0.2, 0.25) is 0 Å². The molecule has 0 aromatic rings. The van der Waals surface area contributed by atoms with Gasteiger partial charge in [0.25, 0.3) is 0 Å². The second-order valence-corrected chi connectivity index (χ2v) is 10.2. The number of amides is 4. The predicted octanol–water partition coefficient (Wildman–Crippen LogP) is 0.532. The first kappa shape index (κ1) is 24.2. The van der Waals surface area contributed by atoms with E-state index in [0.29, 0.717) is 13.0 Å². The molecular formula is C18H33N5O6S. The molecule has 0 unspecified atom stereocenters. The summed E-state index contributed by atoms with van der Waals surface area (Å²) in [5, 5.41) is 5.55. The number of unbranched alkanes of at least 4 members (excludes halogenated alkanes) is 2. The van der Waals surface area contributed by atoms with Crippen LogP contribution in [0, 0.1) is 0 Å². The largest absolute Gasteiger partial charge is 0.443 e. The molecule has 2 fully saturated rings. The fourth-order valence-corrected chi connectivity index (χ4v) is 4.35. The fraction of sp³-hybridized carbons (Fsp3) is 0.833. The minimum atomic E-state index is -4.00. The highest BCUT2D eigenvalue weighted by Gasteiger charge is 2.31. The molecule has 0 saturated carbocycles. The van der Waals surface area contributed by atoms with Crippen LogP contribution in [0.4, 0.5) is 9.59 Å². The van der Waals surface area contributed by atoms with Crippen molar-refractivity contribution >= 4 is 28.2 Å². The lowest BCUT2D eigenvalue weighted by atomic mass is 10.1. The molecule has 0 radical (unpaired) electrons. The van der Waals surface area contributed by atoms with Crippen LogP contribution in [0.3, 0.4) is 0 Å². The Hall–Kier alpha value is -2.08. The second-order valence-electron chi connectivity index (χ2n) is 8.54. The summed E-state index contributed by atoms with van der Waals surface area (Å²) >= 11 is 0. The SMILES string of the molecule is CC(C)(C)OC(=O)NS(=O)(=O)N1CCN(C(=O)CCCCC[C@@H]2CNC(=O)N2)CC1. The van der Waals surface area contributed by atoms with Gasteiger partial charge in [0.15, 0.2) is 0 Å². The van der Waals surface area contributed by atoms with Crippen LogP contribution in [0.5, 0.6) is 0 Å². The van der Waals surface area contributed by atoms with Crippen LogP contribution in [0.1, 0.15) is 52.9 Å². The topological polar surface area (TPSA) is 137 Å². The first-order valence-electron chi connectivity index (χ1n) is 10.3. The van der Waals surface area contributed by atoms with Gasteiger partial charge in [-0.05, 0) is 33.6 Å². The Morgan fingerprint density at radius 3 is 2.37 bits per heavy atom. The molecule has 172 valence electrons. The van der Waals surface area contributed by atoms with E-state index in [2.05, 4.69) is 10.6 Å². The Bertz CT molecular complexity index is 728. The zero-order chi connectivity index (χ0) is 22.4. The minimum Gasteiger partial charge on any atom is -0.443 e. The molecular weight excluding hydrogens is 414 g/mol. The van der Waals surface area contributed by atoms with E-state index in [9.17, 15) is 22.8 Å². The van der Waals surface area contributed by atoms with Crippen LogP contribution in [0.25, 0.3) is 0 Å². The molecule has 2 aliphatic heterocycles. The number of hydrogen-bond donors (Lipinski definition) is 3. The lowest BCUT2D eigenvalue weighted by molar-refractivity contribution is -0.132. The average Bonchev–Trinajstić information content (AvgIpc) is 3.04. The Morgan fingerprint density at radius 2 is 1.80 bits per heavy atom. The van der Waals surface area contributed by atoms with Gasteiger partial charge in [0.1, 0.15) is 5.60 Å². The Labute approximate surface area is 178 Å². The maximum Gasteiger partial charge on any atom is 0.422 e. The quantitative estimate of drug-likeness (QED) is 0.464. The lowest BCUT2D eigenvalue weighted by Gasteiger charge is -2.34. The van der Waals surface area contributed by atoms with Crippen molar-refractivity contribution in [1.29, 1.82) is 0 Å². The number of carbonyl (C=O) groups is 3. The third-order valence-corrected chi connectivity index (χ3v) is 6.30. The van der Waals surface area contributed by atoms with Gasteiger partial charge in [-0.15, -0.1) is 0 Å². The van der Waals surface area contributed by atoms with Gasteiger partial charge in [0, 0.05) is 45.2 Å². The molecule has 0 aromatic carbocycles. The highest BCUT2D eigenvalue weighted by atomic mass is 32.2. The molecule has 4 amide bonds. The molecule has 2 rings (SSSR count). The monoisotopic (exact) mass is 447 g/mol. The van der Waals surface area contributed by atoms with Crippen molar-refractivity contribution < 1.29 is 27.5 Å². The highest BCUT2D eigenvalue weighted by molar-refractivity contribution is 7.87. The van der Waals surface area contributed by atoms with Gasteiger partial charge in [0.2, 0.25) is 5.91 Å². The molecule has 12 heteroatoms. The number of piperazine rings is 1. The fourth-order valence-electron chi connectivity index (χ4n) is 3.33. The maximum atomic E-state index is 12.4. The number of carbonyl (C=O) groups excluding carboxylic acids is 3. The highest BCUT2D eigenvalue weighted by Crippen LogP contribution is 2.13. The van der Waals surface area contributed by atoms with Crippen molar-refractivity contribution in [2.24, 2.45) is 0 Å². The van der Waals surface area contributed by atoms with Crippen molar-refractivity contribution in [3.63, 3.8) is 0 Å². The van der Waals surface area contributed by atoms with Gasteiger partial charge in [0.05, 0.1) is 0 Å². The number of hydrogen-bond acceptors (Lipinski definition) is 6. The molecule has 1 atom stereocenters. The summed E-state index contributed by atoms with van der Waals surface area (Å²) in [5.74, 6) is 0.00276. The second kappa shape index (κ2) is 10.3. The summed E-state index contributed by atoms with van der Waals surface area (Å²) in [5.41, 5.74) is -0.799. The van der Waals surface area contributed by atoms with Crippen molar-refractivity contribution in [2.75, 3.05) is 32.7 Å². The van der Waals surface area contributed by atoms with Gasteiger partial charge in [-0.1, -0.05) is 12.8 Å². The van der Waals surface area contributed by atoms with Crippen molar-refractivity contribution in [3.05, 3.63) is 0 Å². The molecule has 3 N–H and O–H groups in total. The summed E-state index contributed by atoms with van der Waals surface area (Å²) in [7, 11) is -4.00. The number of urea groups is 1. The first-order valence-corrected chi connectivity index (χ1v) is 11.7. The smallest absolute Gasteiger partial charge is 0.422 e. The van der Waals surface area contributed by atoms with Gasteiger partial charge in [-0.2, -0.15) is 12.7 Å². The first-order chi connectivity index (χ1) is 14.0.